The number of hydrogen-bond donors (Lipinski definition) is 2. The molecule has 0 aliphatic heterocycles. The Morgan fingerprint density at radius 2 is 1.80 bits per heavy atom. The van der Waals surface area contributed by atoms with Crippen molar-refractivity contribution in [2.75, 3.05) is 0 Å². The maximum atomic E-state index is 13.2. The second-order valence-electron chi connectivity index (χ2n) is 6.77. The molecule has 1 unspecified atom stereocenters. The van der Waals surface area contributed by atoms with E-state index in [9.17, 15) is 14.3 Å². The highest BCUT2D eigenvalue weighted by atomic mass is 19.1. The van der Waals surface area contributed by atoms with Crippen LogP contribution < -0.4 is 5.32 Å². The Bertz CT molecular complexity index is 708. The molecule has 4 heteroatoms. The predicted octanol–water partition coefficient (Wildman–Crippen LogP) is 4.51. The molecule has 132 valence electrons. The molecule has 0 radical (unpaired) electrons. The van der Waals surface area contributed by atoms with Gasteiger partial charge in [0.25, 0.3) is 0 Å². The number of aryl methyl sites for hydroxylation is 1. The zero-order valence-corrected chi connectivity index (χ0v) is 14.2. The summed E-state index contributed by atoms with van der Waals surface area (Å²) in [6.07, 6.45) is 5.34. The molecule has 3 nitrogen and oxygen atoms in total. The van der Waals surface area contributed by atoms with Crippen LogP contribution in [0.1, 0.15) is 49.3 Å². The van der Waals surface area contributed by atoms with Gasteiger partial charge in [-0.2, -0.15) is 0 Å². The number of halogens is 1. The Morgan fingerprint density at radius 3 is 2.48 bits per heavy atom. The van der Waals surface area contributed by atoms with Crippen molar-refractivity contribution >= 4 is 5.91 Å². The molecule has 2 aromatic rings. The van der Waals surface area contributed by atoms with Crippen molar-refractivity contribution in [1.82, 2.24) is 5.32 Å². The molecular weight excluding hydrogens is 317 g/mol. The molecule has 0 spiro atoms. The van der Waals surface area contributed by atoms with E-state index in [2.05, 4.69) is 5.32 Å². The molecule has 1 atom stereocenters. The standard InChI is InChI=1S/C21H24FNO2/c22-18-12-9-17(10-13-18)21(16-6-1-2-7-16)23-20(25)14-11-15-5-3-4-8-19(15)24/h3-5,8-10,12-13,16,21,24H,1-2,6-7,11,14H2,(H,23,25). The topological polar surface area (TPSA) is 49.3 Å². The fourth-order valence-electron chi connectivity index (χ4n) is 3.65. The van der Waals surface area contributed by atoms with Gasteiger partial charge in [0.05, 0.1) is 6.04 Å². The minimum absolute atomic E-state index is 0.0375. The van der Waals surface area contributed by atoms with Gasteiger partial charge in [-0.1, -0.05) is 43.2 Å². The molecule has 25 heavy (non-hydrogen) atoms. The number of aromatic hydroxyl groups is 1. The molecule has 1 fully saturated rings. The molecule has 1 saturated carbocycles. The third-order valence-corrected chi connectivity index (χ3v) is 5.03. The summed E-state index contributed by atoms with van der Waals surface area (Å²) in [5.74, 6) is 0.324. The molecule has 1 amide bonds. The summed E-state index contributed by atoms with van der Waals surface area (Å²) >= 11 is 0. The molecule has 0 saturated heterocycles. The number of amides is 1. The third-order valence-electron chi connectivity index (χ3n) is 5.03. The lowest BCUT2D eigenvalue weighted by Crippen LogP contribution is -2.32. The average Bonchev–Trinajstić information content (AvgIpc) is 3.14. The van der Waals surface area contributed by atoms with Crippen LogP contribution in [0, 0.1) is 11.7 Å². The minimum atomic E-state index is -0.264. The summed E-state index contributed by atoms with van der Waals surface area (Å²) in [4.78, 5) is 12.5. The highest BCUT2D eigenvalue weighted by Crippen LogP contribution is 2.36. The number of phenolic OH excluding ortho intramolecular Hbond substituents is 1. The summed E-state index contributed by atoms with van der Waals surface area (Å²) in [6.45, 7) is 0. The van der Waals surface area contributed by atoms with E-state index in [0.29, 0.717) is 18.8 Å². The van der Waals surface area contributed by atoms with E-state index in [1.165, 1.54) is 25.0 Å². The normalized spacial score (nSPS) is 15.9. The maximum absolute atomic E-state index is 13.2. The highest BCUT2D eigenvalue weighted by Gasteiger charge is 2.27. The second kappa shape index (κ2) is 8.15. The Hall–Kier alpha value is -2.36. The van der Waals surface area contributed by atoms with Gasteiger partial charge in [0, 0.05) is 6.42 Å². The number of carbonyl (C=O) groups is 1. The van der Waals surface area contributed by atoms with Crippen molar-refractivity contribution in [2.45, 2.75) is 44.6 Å². The van der Waals surface area contributed by atoms with Gasteiger partial charge in [0.2, 0.25) is 5.91 Å². The Labute approximate surface area is 147 Å². The lowest BCUT2D eigenvalue weighted by Gasteiger charge is -2.25. The number of hydrogen-bond acceptors (Lipinski definition) is 2. The van der Waals surface area contributed by atoms with Gasteiger partial charge >= 0.3 is 0 Å². The van der Waals surface area contributed by atoms with E-state index in [1.54, 1.807) is 24.3 Å². The van der Waals surface area contributed by atoms with Crippen molar-refractivity contribution in [2.24, 2.45) is 5.92 Å². The Kier molecular flexibility index (Phi) is 5.69. The van der Waals surface area contributed by atoms with E-state index in [1.807, 2.05) is 12.1 Å². The molecule has 1 aliphatic rings. The number of carbonyl (C=O) groups excluding carboxylic acids is 1. The van der Waals surface area contributed by atoms with Crippen molar-refractivity contribution < 1.29 is 14.3 Å². The van der Waals surface area contributed by atoms with Crippen LogP contribution in [0.4, 0.5) is 4.39 Å². The largest absolute Gasteiger partial charge is 0.508 e. The SMILES string of the molecule is O=C(CCc1ccccc1O)NC(c1ccc(F)cc1)C1CCCC1. The van der Waals surface area contributed by atoms with Crippen LogP contribution in [0.3, 0.4) is 0 Å². The Balaban J connectivity index is 1.66. The fourth-order valence-corrected chi connectivity index (χ4v) is 3.65. The highest BCUT2D eigenvalue weighted by molar-refractivity contribution is 5.76. The monoisotopic (exact) mass is 341 g/mol. The van der Waals surface area contributed by atoms with Crippen molar-refractivity contribution in [3.63, 3.8) is 0 Å². The Morgan fingerprint density at radius 1 is 1.12 bits per heavy atom. The first-order valence-electron chi connectivity index (χ1n) is 8.95. The van der Waals surface area contributed by atoms with E-state index in [-0.39, 0.29) is 23.5 Å². The van der Waals surface area contributed by atoms with Crippen LogP contribution in [0.5, 0.6) is 5.75 Å². The fraction of sp³-hybridized carbons (Fsp3) is 0.381. The molecule has 0 heterocycles. The van der Waals surface area contributed by atoms with Gasteiger partial charge in [-0.05, 0) is 54.5 Å². The third kappa shape index (κ3) is 4.59. The minimum Gasteiger partial charge on any atom is -0.508 e. The van der Waals surface area contributed by atoms with E-state index >= 15 is 0 Å². The summed E-state index contributed by atoms with van der Waals surface area (Å²) < 4.78 is 13.2. The van der Waals surface area contributed by atoms with Crippen LogP contribution in [0.2, 0.25) is 0 Å². The first-order chi connectivity index (χ1) is 12.1. The number of rotatable bonds is 6. The van der Waals surface area contributed by atoms with Gasteiger partial charge in [-0.3, -0.25) is 4.79 Å². The van der Waals surface area contributed by atoms with Gasteiger partial charge in [-0.25, -0.2) is 4.39 Å². The van der Waals surface area contributed by atoms with Crippen molar-refractivity contribution in [3.05, 3.63) is 65.5 Å². The number of phenols is 1. The first kappa shape index (κ1) is 17.5. The summed E-state index contributed by atoms with van der Waals surface area (Å²) in [5, 5.41) is 13.0. The van der Waals surface area contributed by atoms with Crippen LogP contribution >= 0.6 is 0 Å². The number of nitrogens with one attached hydrogen (secondary N) is 1. The zero-order valence-electron chi connectivity index (χ0n) is 14.2. The smallest absolute Gasteiger partial charge is 0.220 e. The summed E-state index contributed by atoms with van der Waals surface area (Å²) in [6, 6.07) is 13.4. The van der Waals surface area contributed by atoms with Gasteiger partial charge in [0.15, 0.2) is 0 Å². The quantitative estimate of drug-likeness (QED) is 0.812. The lowest BCUT2D eigenvalue weighted by molar-refractivity contribution is -0.122. The predicted molar refractivity (Wildman–Crippen MR) is 95.7 cm³/mol. The molecule has 0 bridgehead atoms. The summed E-state index contributed by atoms with van der Waals surface area (Å²) in [5.41, 5.74) is 1.74. The van der Waals surface area contributed by atoms with Crippen LogP contribution in [-0.2, 0) is 11.2 Å². The van der Waals surface area contributed by atoms with E-state index in [4.69, 9.17) is 0 Å². The lowest BCUT2D eigenvalue weighted by atomic mass is 9.91. The first-order valence-corrected chi connectivity index (χ1v) is 8.95. The summed E-state index contributed by atoms with van der Waals surface area (Å²) in [7, 11) is 0. The number of para-hydroxylation sites is 1. The second-order valence-corrected chi connectivity index (χ2v) is 6.77. The number of benzene rings is 2. The van der Waals surface area contributed by atoms with Crippen molar-refractivity contribution in [1.29, 1.82) is 0 Å². The molecule has 1 aliphatic carbocycles. The molecule has 3 rings (SSSR count). The van der Waals surface area contributed by atoms with Crippen LogP contribution in [0.25, 0.3) is 0 Å². The molecule has 2 aromatic carbocycles. The van der Waals surface area contributed by atoms with Crippen LogP contribution in [0.15, 0.2) is 48.5 Å². The average molecular weight is 341 g/mol. The van der Waals surface area contributed by atoms with E-state index < -0.39 is 0 Å². The molecule has 2 N–H and O–H groups in total. The van der Waals surface area contributed by atoms with Gasteiger partial charge in [-0.15, -0.1) is 0 Å². The molecular formula is C21H24FNO2. The van der Waals surface area contributed by atoms with Gasteiger partial charge < -0.3 is 10.4 Å². The van der Waals surface area contributed by atoms with Gasteiger partial charge in [0.1, 0.15) is 11.6 Å². The zero-order chi connectivity index (χ0) is 17.6. The van der Waals surface area contributed by atoms with E-state index in [0.717, 1.165) is 24.0 Å². The molecule has 0 aromatic heterocycles. The van der Waals surface area contributed by atoms with Crippen molar-refractivity contribution in [3.8, 4) is 5.75 Å². The maximum Gasteiger partial charge on any atom is 0.220 e. The van der Waals surface area contributed by atoms with Crippen LogP contribution in [-0.4, -0.2) is 11.0 Å².